The number of thioether (sulfide) groups is 1. The van der Waals surface area contributed by atoms with Crippen molar-refractivity contribution in [2.75, 3.05) is 0 Å². The lowest BCUT2D eigenvalue weighted by atomic mass is 10.1. The number of aryl methyl sites for hydroxylation is 2. The van der Waals surface area contributed by atoms with E-state index in [4.69, 9.17) is 4.52 Å². The Morgan fingerprint density at radius 2 is 1.77 bits per heavy atom. The second-order valence-electron chi connectivity index (χ2n) is 5.33. The van der Waals surface area contributed by atoms with Crippen LogP contribution in [-0.2, 0) is 0 Å². The smallest absolute Gasteiger partial charge is 0.240 e. The van der Waals surface area contributed by atoms with Gasteiger partial charge in [0.25, 0.3) is 0 Å². The van der Waals surface area contributed by atoms with Gasteiger partial charge in [0.1, 0.15) is 0 Å². The van der Waals surface area contributed by atoms with Crippen LogP contribution in [0.1, 0.15) is 29.2 Å². The number of rotatable bonds is 4. The molecule has 3 aromatic rings. The summed E-state index contributed by atoms with van der Waals surface area (Å²) in [5.41, 5.74) is 3.58. The molecule has 0 fully saturated rings. The first-order valence-corrected chi connectivity index (χ1v) is 8.14. The van der Waals surface area contributed by atoms with Gasteiger partial charge in [0, 0.05) is 10.5 Å². The Bertz CT molecular complexity index is 768. The summed E-state index contributed by atoms with van der Waals surface area (Å²) >= 11 is 1.73. The summed E-state index contributed by atoms with van der Waals surface area (Å²) in [6.45, 7) is 6.34. The van der Waals surface area contributed by atoms with Crippen molar-refractivity contribution in [3.05, 3.63) is 65.5 Å². The molecule has 0 aliphatic carbocycles. The van der Waals surface area contributed by atoms with E-state index in [2.05, 4.69) is 49.1 Å². The molecule has 0 spiro atoms. The molecule has 0 radical (unpaired) electrons. The van der Waals surface area contributed by atoms with Crippen LogP contribution in [0.25, 0.3) is 11.4 Å². The van der Waals surface area contributed by atoms with E-state index in [1.165, 1.54) is 16.0 Å². The standard InChI is InChI=1S/C18H18N2OS/c1-12-9-10-16(11-13(12)2)22-14(3)18-19-17(20-21-18)15-7-5-4-6-8-15/h4-11,14H,1-3H3. The number of hydrogen-bond donors (Lipinski definition) is 0. The van der Waals surface area contributed by atoms with Crippen LogP contribution in [0.5, 0.6) is 0 Å². The maximum atomic E-state index is 5.43. The van der Waals surface area contributed by atoms with Crippen molar-refractivity contribution in [3.63, 3.8) is 0 Å². The van der Waals surface area contributed by atoms with Gasteiger partial charge in [-0.05, 0) is 44.0 Å². The topological polar surface area (TPSA) is 38.9 Å². The molecule has 22 heavy (non-hydrogen) atoms. The molecule has 1 atom stereocenters. The molecule has 0 saturated carbocycles. The van der Waals surface area contributed by atoms with Crippen LogP contribution in [0.4, 0.5) is 0 Å². The van der Waals surface area contributed by atoms with Crippen LogP contribution >= 0.6 is 11.8 Å². The van der Waals surface area contributed by atoms with Gasteiger partial charge in [-0.2, -0.15) is 4.98 Å². The highest BCUT2D eigenvalue weighted by molar-refractivity contribution is 7.99. The average Bonchev–Trinajstić information content (AvgIpc) is 3.02. The summed E-state index contributed by atoms with van der Waals surface area (Å²) in [5, 5.41) is 4.20. The molecule has 0 bridgehead atoms. The number of aromatic nitrogens is 2. The van der Waals surface area contributed by atoms with Gasteiger partial charge in [-0.15, -0.1) is 11.8 Å². The Morgan fingerprint density at radius 1 is 1.00 bits per heavy atom. The number of hydrogen-bond acceptors (Lipinski definition) is 4. The fourth-order valence-electron chi connectivity index (χ4n) is 2.15. The second-order valence-corrected chi connectivity index (χ2v) is 6.74. The summed E-state index contributed by atoms with van der Waals surface area (Å²) < 4.78 is 5.43. The summed E-state index contributed by atoms with van der Waals surface area (Å²) in [6, 6.07) is 16.4. The van der Waals surface area contributed by atoms with Crippen molar-refractivity contribution >= 4 is 11.8 Å². The lowest BCUT2D eigenvalue weighted by Gasteiger charge is -2.08. The fourth-order valence-corrected chi connectivity index (χ4v) is 3.14. The Balaban J connectivity index is 1.77. The summed E-state index contributed by atoms with van der Waals surface area (Å²) in [5.74, 6) is 1.30. The summed E-state index contributed by atoms with van der Waals surface area (Å²) in [6.07, 6.45) is 0. The van der Waals surface area contributed by atoms with Crippen LogP contribution in [0.15, 0.2) is 57.9 Å². The molecule has 0 saturated heterocycles. The molecule has 3 rings (SSSR count). The van der Waals surface area contributed by atoms with E-state index >= 15 is 0 Å². The van der Waals surface area contributed by atoms with Crippen molar-refractivity contribution < 1.29 is 4.52 Å². The van der Waals surface area contributed by atoms with E-state index < -0.39 is 0 Å². The minimum atomic E-state index is 0.118. The highest BCUT2D eigenvalue weighted by atomic mass is 32.2. The van der Waals surface area contributed by atoms with E-state index in [-0.39, 0.29) is 5.25 Å². The average molecular weight is 310 g/mol. The first kappa shape index (κ1) is 14.9. The monoisotopic (exact) mass is 310 g/mol. The highest BCUT2D eigenvalue weighted by Gasteiger charge is 2.16. The van der Waals surface area contributed by atoms with Gasteiger partial charge in [0.05, 0.1) is 5.25 Å². The lowest BCUT2D eigenvalue weighted by Crippen LogP contribution is -1.90. The van der Waals surface area contributed by atoms with Crippen molar-refractivity contribution in [1.82, 2.24) is 10.1 Å². The summed E-state index contributed by atoms with van der Waals surface area (Å²) in [4.78, 5) is 5.74. The third-order valence-corrected chi connectivity index (χ3v) is 4.69. The molecular weight excluding hydrogens is 292 g/mol. The lowest BCUT2D eigenvalue weighted by molar-refractivity contribution is 0.381. The molecule has 112 valence electrons. The van der Waals surface area contributed by atoms with Crippen LogP contribution in [-0.4, -0.2) is 10.1 Å². The molecule has 0 amide bonds. The normalized spacial score (nSPS) is 12.3. The number of nitrogens with zero attached hydrogens (tertiary/aromatic N) is 2. The van der Waals surface area contributed by atoms with E-state index in [0.29, 0.717) is 11.7 Å². The molecular formula is C18H18N2OS. The van der Waals surface area contributed by atoms with Gasteiger partial charge in [-0.1, -0.05) is 41.6 Å². The zero-order valence-electron chi connectivity index (χ0n) is 12.9. The van der Waals surface area contributed by atoms with E-state index in [0.717, 1.165) is 5.56 Å². The molecule has 1 aromatic heterocycles. The number of benzene rings is 2. The SMILES string of the molecule is Cc1ccc(SC(C)c2nc(-c3ccccc3)no2)cc1C. The maximum absolute atomic E-state index is 5.43. The van der Waals surface area contributed by atoms with Gasteiger partial charge >= 0.3 is 0 Å². The molecule has 3 nitrogen and oxygen atoms in total. The molecule has 0 N–H and O–H groups in total. The van der Waals surface area contributed by atoms with Gasteiger partial charge in [-0.3, -0.25) is 0 Å². The molecule has 0 aliphatic rings. The summed E-state index contributed by atoms with van der Waals surface area (Å²) in [7, 11) is 0. The quantitative estimate of drug-likeness (QED) is 0.620. The predicted molar refractivity (Wildman–Crippen MR) is 89.9 cm³/mol. The van der Waals surface area contributed by atoms with Gasteiger partial charge < -0.3 is 4.52 Å². The van der Waals surface area contributed by atoms with Crippen molar-refractivity contribution in [2.24, 2.45) is 0 Å². The van der Waals surface area contributed by atoms with E-state index in [9.17, 15) is 0 Å². The Morgan fingerprint density at radius 3 is 2.50 bits per heavy atom. The molecule has 1 unspecified atom stereocenters. The fraction of sp³-hybridized carbons (Fsp3) is 0.222. The van der Waals surface area contributed by atoms with Crippen LogP contribution < -0.4 is 0 Å². The van der Waals surface area contributed by atoms with Crippen molar-refractivity contribution in [2.45, 2.75) is 30.9 Å². The van der Waals surface area contributed by atoms with E-state index in [1.807, 2.05) is 30.3 Å². The Hall–Kier alpha value is -2.07. The molecule has 2 aromatic carbocycles. The first-order valence-electron chi connectivity index (χ1n) is 7.26. The Kier molecular flexibility index (Phi) is 4.29. The third-order valence-electron chi connectivity index (χ3n) is 3.61. The predicted octanol–water partition coefficient (Wildman–Crippen LogP) is 5.21. The molecule has 1 heterocycles. The van der Waals surface area contributed by atoms with Gasteiger partial charge in [0.2, 0.25) is 11.7 Å². The maximum Gasteiger partial charge on any atom is 0.240 e. The first-order chi connectivity index (χ1) is 10.6. The van der Waals surface area contributed by atoms with Crippen LogP contribution in [0, 0.1) is 13.8 Å². The molecule has 0 aliphatic heterocycles. The van der Waals surface area contributed by atoms with E-state index in [1.54, 1.807) is 11.8 Å². The highest BCUT2D eigenvalue weighted by Crippen LogP contribution is 2.35. The third kappa shape index (κ3) is 3.22. The van der Waals surface area contributed by atoms with Crippen LogP contribution in [0.2, 0.25) is 0 Å². The van der Waals surface area contributed by atoms with Gasteiger partial charge in [0.15, 0.2) is 0 Å². The van der Waals surface area contributed by atoms with Crippen molar-refractivity contribution in [3.8, 4) is 11.4 Å². The Labute approximate surface area is 134 Å². The largest absolute Gasteiger partial charge is 0.338 e. The zero-order valence-corrected chi connectivity index (χ0v) is 13.7. The minimum Gasteiger partial charge on any atom is -0.338 e. The molecule has 4 heteroatoms. The zero-order chi connectivity index (χ0) is 15.5. The minimum absolute atomic E-state index is 0.118. The van der Waals surface area contributed by atoms with Crippen molar-refractivity contribution in [1.29, 1.82) is 0 Å². The second kappa shape index (κ2) is 6.36. The van der Waals surface area contributed by atoms with Gasteiger partial charge in [-0.25, -0.2) is 0 Å². The van der Waals surface area contributed by atoms with Crippen LogP contribution in [0.3, 0.4) is 0 Å².